The van der Waals surface area contributed by atoms with Crippen LogP contribution in [-0.2, 0) is 18.0 Å². The fourth-order valence-electron chi connectivity index (χ4n) is 3.33. The standard InChI is InChI=1S/C21H23FN4O2S/c1-24(14-16-2-8-19(9-3-16)25-10-12-27-13-11-25)15-26-21(29)28-20(23-26)17-4-6-18(22)7-5-17/h2-9H,10-15H2,1H3. The van der Waals surface area contributed by atoms with Crippen LogP contribution in [0.1, 0.15) is 5.56 Å². The molecular formula is C21H23FN4O2S. The molecule has 1 aliphatic heterocycles. The zero-order valence-electron chi connectivity index (χ0n) is 16.3. The number of rotatable bonds is 6. The molecule has 29 heavy (non-hydrogen) atoms. The molecule has 0 unspecified atom stereocenters. The van der Waals surface area contributed by atoms with Crippen molar-refractivity contribution < 1.29 is 13.5 Å². The molecule has 0 aliphatic carbocycles. The molecule has 8 heteroatoms. The molecule has 0 radical (unpaired) electrons. The summed E-state index contributed by atoms with van der Waals surface area (Å²) in [6.07, 6.45) is 0. The SMILES string of the molecule is CN(Cc1ccc(N2CCOCC2)cc1)Cn1nc(-c2ccc(F)cc2)oc1=S. The van der Waals surface area contributed by atoms with Crippen molar-refractivity contribution in [3.05, 3.63) is 64.7 Å². The first-order chi connectivity index (χ1) is 14.1. The molecule has 152 valence electrons. The second-order valence-electron chi connectivity index (χ2n) is 7.10. The molecule has 0 bridgehead atoms. The summed E-state index contributed by atoms with van der Waals surface area (Å²) in [5, 5.41) is 4.43. The van der Waals surface area contributed by atoms with Gasteiger partial charge in [0.05, 0.1) is 19.9 Å². The van der Waals surface area contributed by atoms with Gasteiger partial charge in [0.25, 0.3) is 4.84 Å². The van der Waals surface area contributed by atoms with Crippen molar-refractivity contribution >= 4 is 17.9 Å². The van der Waals surface area contributed by atoms with E-state index in [2.05, 4.69) is 39.2 Å². The number of hydrogen-bond donors (Lipinski definition) is 0. The second kappa shape index (κ2) is 8.86. The number of aromatic nitrogens is 2. The molecule has 2 heterocycles. The van der Waals surface area contributed by atoms with Gasteiger partial charge in [0.15, 0.2) is 0 Å². The van der Waals surface area contributed by atoms with E-state index in [-0.39, 0.29) is 5.82 Å². The van der Waals surface area contributed by atoms with Crippen molar-refractivity contribution in [1.82, 2.24) is 14.7 Å². The van der Waals surface area contributed by atoms with E-state index in [1.165, 1.54) is 23.4 Å². The molecule has 3 aromatic rings. The maximum atomic E-state index is 13.1. The lowest BCUT2D eigenvalue weighted by Gasteiger charge is -2.29. The molecule has 4 rings (SSSR count). The van der Waals surface area contributed by atoms with Crippen LogP contribution in [0.2, 0.25) is 0 Å². The topological polar surface area (TPSA) is 46.7 Å². The predicted molar refractivity (Wildman–Crippen MR) is 112 cm³/mol. The summed E-state index contributed by atoms with van der Waals surface area (Å²) < 4.78 is 25.7. The van der Waals surface area contributed by atoms with Crippen LogP contribution in [0, 0.1) is 10.7 Å². The molecular weight excluding hydrogens is 391 g/mol. The molecule has 0 N–H and O–H groups in total. The average Bonchev–Trinajstić information content (AvgIpc) is 3.10. The molecule has 1 aromatic heterocycles. The Morgan fingerprint density at radius 2 is 1.76 bits per heavy atom. The Kier molecular flexibility index (Phi) is 6.03. The highest BCUT2D eigenvalue weighted by molar-refractivity contribution is 7.71. The van der Waals surface area contributed by atoms with Crippen LogP contribution in [0.5, 0.6) is 0 Å². The Morgan fingerprint density at radius 3 is 2.45 bits per heavy atom. The van der Waals surface area contributed by atoms with Crippen LogP contribution < -0.4 is 4.90 Å². The molecule has 0 amide bonds. The van der Waals surface area contributed by atoms with Crippen LogP contribution in [0.25, 0.3) is 11.5 Å². The van der Waals surface area contributed by atoms with Crippen LogP contribution in [-0.4, -0.2) is 48.0 Å². The third kappa shape index (κ3) is 4.90. The average molecular weight is 415 g/mol. The normalized spacial score (nSPS) is 14.5. The van der Waals surface area contributed by atoms with E-state index in [0.29, 0.717) is 23.0 Å². The van der Waals surface area contributed by atoms with Gasteiger partial charge < -0.3 is 14.1 Å². The molecule has 0 atom stereocenters. The number of anilines is 1. The van der Waals surface area contributed by atoms with Gasteiger partial charge in [-0.05, 0) is 61.2 Å². The Hall–Kier alpha value is -2.55. The van der Waals surface area contributed by atoms with E-state index >= 15 is 0 Å². The van der Waals surface area contributed by atoms with Crippen LogP contribution in [0.4, 0.5) is 10.1 Å². The van der Waals surface area contributed by atoms with E-state index < -0.39 is 0 Å². The smallest absolute Gasteiger partial charge is 0.288 e. The zero-order valence-corrected chi connectivity index (χ0v) is 17.1. The molecule has 1 aliphatic rings. The summed E-state index contributed by atoms with van der Waals surface area (Å²) >= 11 is 5.29. The lowest BCUT2D eigenvalue weighted by atomic mass is 10.2. The third-order valence-corrected chi connectivity index (χ3v) is 5.13. The first-order valence-electron chi connectivity index (χ1n) is 9.52. The maximum absolute atomic E-state index is 13.1. The Balaban J connectivity index is 1.39. The summed E-state index contributed by atoms with van der Waals surface area (Å²) in [4.78, 5) is 4.73. The van der Waals surface area contributed by atoms with E-state index in [4.69, 9.17) is 21.4 Å². The fraction of sp³-hybridized carbons (Fsp3) is 0.333. The van der Waals surface area contributed by atoms with Crippen molar-refractivity contribution in [1.29, 1.82) is 0 Å². The monoisotopic (exact) mass is 414 g/mol. The van der Waals surface area contributed by atoms with Gasteiger partial charge in [0, 0.05) is 30.9 Å². The minimum atomic E-state index is -0.300. The van der Waals surface area contributed by atoms with Gasteiger partial charge in [-0.1, -0.05) is 12.1 Å². The van der Waals surface area contributed by atoms with Gasteiger partial charge in [0.1, 0.15) is 5.82 Å². The van der Waals surface area contributed by atoms with Gasteiger partial charge in [-0.2, -0.15) is 0 Å². The van der Waals surface area contributed by atoms with Crippen LogP contribution in [0.15, 0.2) is 52.9 Å². The zero-order chi connectivity index (χ0) is 20.2. The number of morpholine rings is 1. The summed E-state index contributed by atoms with van der Waals surface area (Å²) in [7, 11) is 2.00. The lowest BCUT2D eigenvalue weighted by Crippen LogP contribution is -2.36. The summed E-state index contributed by atoms with van der Waals surface area (Å²) in [6, 6.07) is 14.6. The van der Waals surface area contributed by atoms with E-state index in [9.17, 15) is 4.39 Å². The second-order valence-corrected chi connectivity index (χ2v) is 7.45. The molecule has 0 saturated carbocycles. The quantitative estimate of drug-likeness (QED) is 0.570. The van der Waals surface area contributed by atoms with Gasteiger partial charge >= 0.3 is 0 Å². The summed E-state index contributed by atoms with van der Waals surface area (Å²) in [5.74, 6) is 0.0874. The van der Waals surface area contributed by atoms with Crippen molar-refractivity contribution in [3.63, 3.8) is 0 Å². The molecule has 6 nitrogen and oxygen atoms in total. The van der Waals surface area contributed by atoms with Crippen molar-refractivity contribution in [2.45, 2.75) is 13.2 Å². The highest BCUT2D eigenvalue weighted by Crippen LogP contribution is 2.19. The minimum absolute atomic E-state index is 0.291. The van der Waals surface area contributed by atoms with Crippen LogP contribution >= 0.6 is 12.2 Å². The van der Waals surface area contributed by atoms with Crippen molar-refractivity contribution in [2.24, 2.45) is 0 Å². The number of halogens is 1. The van der Waals surface area contributed by atoms with Crippen LogP contribution in [0.3, 0.4) is 0 Å². The molecule has 2 aromatic carbocycles. The Morgan fingerprint density at radius 1 is 1.07 bits per heavy atom. The summed E-state index contributed by atoms with van der Waals surface area (Å²) in [5.41, 5.74) is 3.12. The number of hydrogen-bond acceptors (Lipinski definition) is 6. The van der Waals surface area contributed by atoms with Gasteiger partial charge in [-0.15, -0.1) is 5.10 Å². The maximum Gasteiger partial charge on any atom is 0.288 e. The van der Waals surface area contributed by atoms with Gasteiger partial charge in [-0.3, -0.25) is 4.90 Å². The summed E-state index contributed by atoms with van der Waals surface area (Å²) in [6.45, 7) is 4.67. The number of ether oxygens (including phenoxy) is 1. The highest BCUT2D eigenvalue weighted by atomic mass is 32.1. The predicted octanol–water partition coefficient (Wildman–Crippen LogP) is 3.94. The first kappa shape index (κ1) is 19.8. The first-order valence-corrected chi connectivity index (χ1v) is 9.93. The van der Waals surface area contributed by atoms with E-state index in [0.717, 1.165) is 32.8 Å². The largest absolute Gasteiger partial charge is 0.409 e. The van der Waals surface area contributed by atoms with Gasteiger partial charge in [-0.25, -0.2) is 9.07 Å². The minimum Gasteiger partial charge on any atom is -0.409 e. The van der Waals surface area contributed by atoms with Gasteiger partial charge in [0.2, 0.25) is 5.89 Å². The highest BCUT2D eigenvalue weighted by Gasteiger charge is 2.12. The Bertz CT molecular complexity index is 995. The van der Waals surface area contributed by atoms with E-state index in [1.54, 1.807) is 16.8 Å². The third-order valence-electron chi connectivity index (χ3n) is 4.84. The van der Waals surface area contributed by atoms with E-state index in [1.807, 2.05) is 7.05 Å². The number of benzene rings is 2. The van der Waals surface area contributed by atoms with Crippen molar-refractivity contribution in [2.75, 3.05) is 38.3 Å². The number of nitrogens with zero attached hydrogens (tertiary/aromatic N) is 4. The molecule has 1 fully saturated rings. The molecule has 1 saturated heterocycles. The lowest BCUT2D eigenvalue weighted by molar-refractivity contribution is 0.122. The molecule has 0 spiro atoms. The fourth-order valence-corrected chi connectivity index (χ4v) is 3.51. The Labute approximate surface area is 174 Å². The van der Waals surface area contributed by atoms with Crippen molar-refractivity contribution in [3.8, 4) is 11.5 Å².